The SMILES string of the molecule is CC(C)OP(=O)(Cc1nnc(-c2ccccc2O)o1)OC(C)C. The van der Waals surface area contributed by atoms with Crippen molar-refractivity contribution >= 4 is 7.60 Å². The molecule has 2 rings (SSSR count). The van der Waals surface area contributed by atoms with Crippen LogP contribution >= 0.6 is 7.60 Å². The predicted molar refractivity (Wildman–Crippen MR) is 85.2 cm³/mol. The van der Waals surface area contributed by atoms with Crippen molar-refractivity contribution in [3.63, 3.8) is 0 Å². The molecular formula is C15H21N2O5P. The monoisotopic (exact) mass is 340 g/mol. The molecule has 0 atom stereocenters. The van der Waals surface area contributed by atoms with Gasteiger partial charge in [-0.15, -0.1) is 10.2 Å². The standard InChI is InChI=1S/C15H21N2O5P/c1-10(2)21-23(19,22-11(3)4)9-14-16-17-15(20-14)12-7-5-6-8-13(12)18/h5-8,10-11,18H,9H2,1-4H3. The molecule has 8 heteroatoms. The summed E-state index contributed by atoms with van der Waals surface area (Å²) in [6, 6.07) is 6.61. The van der Waals surface area contributed by atoms with E-state index in [9.17, 15) is 9.67 Å². The van der Waals surface area contributed by atoms with Gasteiger partial charge in [-0.1, -0.05) is 12.1 Å². The van der Waals surface area contributed by atoms with E-state index in [-0.39, 0.29) is 35.9 Å². The summed E-state index contributed by atoms with van der Waals surface area (Å²) in [5.74, 6) is 0.314. The van der Waals surface area contributed by atoms with E-state index in [2.05, 4.69) is 10.2 Å². The van der Waals surface area contributed by atoms with Gasteiger partial charge < -0.3 is 18.6 Å². The van der Waals surface area contributed by atoms with Crippen LogP contribution in [0.15, 0.2) is 28.7 Å². The Morgan fingerprint density at radius 2 is 1.74 bits per heavy atom. The normalized spacial score (nSPS) is 12.3. The number of benzene rings is 1. The zero-order valence-corrected chi connectivity index (χ0v) is 14.5. The molecule has 0 bridgehead atoms. The minimum Gasteiger partial charge on any atom is -0.507 e. The molecule has 0 aliphatic rings. The molecule has 126 valence electrons. The van der Waals surface area contributed by atoms with Gasteiger partial charge in [-0.05, 0) is 39.8 Å². The minimum absolute atomic E-state index is 0.0303. The second-order valence-electron chi connectivity index (χ2n) is 5.60. The van der Waals surface area contributed by atoms with Crippen molar-refractivity contribution in [2.24, 2.45) is 0 Å². The number of aromatic hydroxyl groups is 1. The van der Waals surface area contributed by atoms with Gasteiger partial charge in [-0.2, -0.15) is 0 Å². The van der Waals surface area contributed by atoms with E-state index >= 15 is 0 Å². The first-order valence-corrected chi connectivity index (χ1v) is 9.08. The topological polar surface area (TPSA) is 94.7 Å². The fraction of sp³-hybridized carbons (Fsp3) is 0.467. The fourth-order valence-electron chi connectivity index (χ4n) is 1.99. The van der Waals surface area contributed by atoms with E-state index in [1.807, 2.05) is 0 Å². The second kappa shape index (κ2) is 7.25. The van der Waals surface area contributed by atoms with Gasteiger partial charge in [0.15, 0.2) is 0 Å². The second-order valence-corrected chi connectivity index (χ2v) is 7.56. The Hall–Kier alpha value is -1.69. The molecule has 0 aliphatic carbocycles. The number of nitrogens with zero attached hydrogens (tertiary/aromatic N) is 2. The lowest BCUT2D eigenvalue weighted by molar-refractivity contribution is 0.140. The van der Waals surface area contributed by atoms with Crippen molar-refractivity contribution in [1.82, 2.24) is 10.2 Å². The first kappa shape index (κ1) is 17.7. The Morgan fingerprint density at radius 1 is 1.13 bits per heavy atom. The number of hydrogen-bond acceptors (Lipinski definition) is 7. The Morgan fingerprint density at radius 3 is 2.30 bits per heavy atom. The molecule has 0 amide bonds. The molecule has 1 aromatic carbocycles. The van der Waals surface area contributed by atoms with Gasteiger partial charge >= 0.3 is 7.60 Å². The number of rotatable bonds is 7. The molecule has 0 saturated heterocycles. The summed E-state index contributed by atoms with van der Waals surface area (Å²) in [5.41, 5.74) is 0.413. The maximum Gasteiger partial charge on any atom is 0.340 e. The Balaban J connectivity index is 2.22. The largest absolute Gasteiger partial charge is 0.507 e. The number of phenols is 1. The average molecular weight is 340 g/mol. The molecule has 0 unspecified atom stereocenters. The van der Waals surface area contributed by atoms with Crippen molar-refractivity contribution in [3.05, 3.63) is 30.2 Å². The van der Waals surface area contributed by atoms with E-state index in [1.165, 1.54) is 6.07 Å². The lowest BCUT2D eigenvalue weighted by Gasteiger charge is -2.21. The fourth-order valence-corrected chi connectivity index (χ4v) is 3.93. The van der Waals surface area contributed by atoms with Crippen LogP contribution in [-0.2, 0) is 19.8 Å². The van der Waals surface area contributed by atoms with Gasteiger partial charge in [0.05, 0.1) is 17.8 Å². The summed E-state index contributed by atoms with van der Waals surface area (Å²) in [5, 5.41) is 17.6. The maximum atomic E-state index is 12.8. The van der Waals surface area contributed by atoms with Gasteiger partial charge in [-0.25, -0.2) is 0 Å². The van der Waals surface area contributed by atoms with Crippen LogP contribution in [0.1, 0.15) is 33.6 Å². The van der Waals surface area contributed by atoms with Crippen molar-refractivity contribution < 1.29 is 23.1 Å². The van der Waals surface area contributed by atoms with Crippen LogP contribution in [0.4, 0.5) is 0 Å². The maximum absolute atomic E-state index is 12.8. The molecule has 0 saturated carbocycles. The molecule has 0 aliphatic heterocycles. The summed E-state index contributed by atoms with van der Waals surface area (Å²) < 4.78 is 29.2. The van der Waals surface area contributed by atoms with Gasteiger partial charge in [0.25, 0.3) is 5.89 Å². The third-order valence-electron chi connectivity index (χ3n) is 2.67. The molecular weight excluding hydrogens is 319 g/mol. The van der Waals surface area contributed by atoms with Crippen LogP contribution < -0.4 is 0 Å². The van der Waals surface area contributed by atoms with Crippen LogP contribution in [0.3, 0.4) is 0 Å². The van der Waals surface area contributed by atoms with E-state index in [0.29, 0.717) is 5.56 Å². The predicted octanol–water partition coefficient (Wildman–Crippen LogP) is 3.99. The first-order valence-electron chi connectivity index (χ1n) is 7.35. The van der Waals surface area contributed by atoms with E-state index in [1.54, 1.807) is 45.9 Å². The zero-order valence-electron chi connectivity index (χ0n) is 13.6. The van der Waals surface area contributed by atoms with Gasteiger partial charge in [0, 0.05) is 0 Å². The highest BCUT2D eigenvalue weighted by atomic mass is 31.2. The summed E-state index contributed by atoms with van der Waals surface area (Å²) in [6.07, 6.45) is -0.649. The van der Waals surface area contributed by atoms with Crippen molar-refractivity contribution in [2.45, 2.75) is 46.1 Å². The highest BCUT2D eigenvalue weighted by molar-refractivity contribution is 7.53. The lowest BCUT2D eigenvalue weighted by atomic mass is 10.2. The molecule has 0 spiro atoms. The first-order chi connectivity index (χ1) is 10.8. The van der Waals surface area contributed by atoms with Crippen LogP contribution in [0.5, 0.6) is 5.75 Å². The molecule has 0 fully saturated rings. The van der Waals surface area contributed by atoms with Crippen LogP contribution in [0.25, 0.3) is 11.5 Å². The molecule has 1 aromatic heterocycles. The zero-order chi connectivity index (χ0) is 17.0. The quantitative estimate of drug-likeness (QED) is 0.762. The Labute approximate surface area is 135 Å². The van der Waals surface area contributed by atoms with Gasteiger partial charge in [0.2, 0.25) is 5.89 Å². The third-order valence-corrected chi connectivity index (χ3v) is 4.82. The van der Waals surface area contributed by atoms with E-state index in [4.69, 9.17) is 13.5 Å². The number of para-hydroxylation sites is 1. The van der Waals surface area contributed by atoms with Crippen LogP contribution in [-0.4, -0.2) is 27.5 Å². The molecule has 23 heavy (non-hydrogen) atoms. The average Bonchev–Trinajstić information content (AvgIpc) is 2.84. The molecule has 1 N–H and O–H groups in total. The summed E-state index contributed by atoms with van der Waals surface area (Å²) >= 11 is 0. The highest BCUT2D eigenvalue weighted by Crippen LogP contribution is 2.53. The van der Waals surface area contributed by atoms with Crippen molar-refractivity contribution in [3.8, 4) is 17.2 Å². The third kappa shape index (κ3) is 4.89. The van der Waals surface area contributed by atoms with Crippen LogP contribution in [0.2, 0.25) is 0 Å². The molecule has 7 nitrogen and oxygen atoms in total. The van der Waals surface area contributed by atoms with Gasteiger partial charge in [0.1, 0.15) is 11.9 Å². The molecule has 2 aromatic rings. The van der Waals surface area contributed by atoms with Crippen molar-refractivity contribution in [1.29, 1.82) is 0 Å². The summed E-state index contributed by atoms with van der Waals surface area (Å²) in [6.45, 7) is 7.10. The smallest absolute Gasteiger partial charge is 0.340 e. The van der Waals surface area contributed by atoms with Crippen molar-refractivity contribution in [2.75, 3.05) is 0 Å². The molecule has 1 heterocycles. The lowest BCUT2D eigenvalue weighted by Crippen LogP contribution is -2.09. The van der Waals surface area contributed by atoms with E-state index < -0.39 is 7.60 Å². The van der Waals surface area contributed by atoms with Gasteiger partial charge in [-0.3, -0.25) is 4.57 Å². The summed E-state index contributed by atoms with van der Waals surface area (Å²) in [7, 11) is -3.40. The number of phenolic OH excluding ortho intramolecular Hbond substituents is 1. The van der Waals surface area contributed by atoms with Crippen LogP contribution in [0, 0.1) is 0 Å². The molecule has 0 radical (unpaired) electrons. The highest BCUT2D eigenvalue weighted by Gasteiger charge is 2.31. The number of aromatic nitrogens is 2. The summed E-state index contributed by atoms with van der Waals surface area (Å²) in [4.78, 5) is 0. The number of hydrogen-bond donors (Lipinski definition) is 1. The van der Waals surface area contributed by atoms with E-state index in [0.717, 1.165) is 0 Å². The Bertz CT molecular complexity index is 685. The minimum atomic E-state index is -3.40. The Kier molecular flexibility index (Phi) is 5.57.